The summed E-state index contributed by atoms with van der Waals surface area (Å²) < 4.78 is 19.3. The van der Waals surface area contributed by atoms with Gasteiger partial charge in [0, 0.05) is 0 Å². The summed E-state index contributed by atoms with van der Waals surface area (Å²) in [6.45, 7) is 0. The molecule has 5 nitrogen and oxygen atoms in total. The molecule has 3 rings (SSSR count). The van der Waals surface area contributed by atoms with Crippen LogP contribution in [0.25, 0.3) is 0 Å². The number of fused-ring (bicyclic) bond motifs is 2. The fourth-order valence-electron chi connectivity index (χ4n) is 2.89. The summed E-state index contributed by atoms with van der Waals surface area (Å²) in [5, 5.41) is 11.3. The van der Waals surface area contributed by atoms with E-state index in [2.05, 4.69) is 5.32 Å². The number of amides is 1. The first-order valence-corrected chi connectivity index (χ1v) is 6.54. The average Bonchev–Trinajstić information content (AvgIpc) is 3.03. The van der Waals surface area contributed by atoms with Gasteiger partial charge in [-0.05, 0) is 37.5 Å². The summed E-state index contributed by atoms with van der Waals surface area (Å²) in [6.07, 6.45) is 2.60. The third-order valence-corrected chi connectivity index (χ3v) is 3.92. The molecule has 2 bridgehead atoms. The van der Waals surface area contributed by atoms with Gasteiger partial charge in [-0.2, -0.15) is 0 Å². The molecule has 0 aromatic heterocycles. The van der Waals surface area contributed by atoms with Crippen LogP contribution in [0.5, 0.6) is 0 Å². The zero-order valence-corrected chi connectivity index (χ0v) is 10.6. The molecule has 1 amide bonds. The zero-order valence-electron chi connectivity index (χ0n) is 10.6. The van der Waals surface area contributed by atoms with Crippen molar-refractivity contribution in [1.29, 1.82) is 0 Å². The number of hydrogen-bond donors (Lipinski definition) is 2. The van der Waals surface area contributed by atoms with Crippen molar-refractivity contribution < 1.29 is 23.8 Å². The minimum atomic E-state index is -1.21. The average molecular weight is 279 g/mol. The zero-order chi connectivity index (χ0) is 14.3. The second-order valence-electron chi connectivity index (χ2n) is 5.21. The SMILES string of the molecule is O=C(O)c1ccc(NC(=O)C2CC3CCC2O3)c(F)c1. The molecule has 6 heteroatoms. The maximum atomic E-state index is 13.7. The van der Waals surface area contributed by atoms with Gasteiger partial charge in [0.05, 0.1) is 29.4 Å². The largest absolute Gasteiger partial charge is 0.478 e. The molecule has 2 N–H and O–H groups in total. The van der Waals surface area contributed by atoms with Crippen LogP contribution in [0.3, 0.4) is 0 Å². The van der Waals surface area contributed by atoms with Crippen molar-refractivity contribution in [3.8, 4) is 0 Å². The number of rotatable bonds is 3. The first-order chi connectivity index (χ1) is 9.54. The lowest BCUT2D eigenvalue weighted by Crippen LogP contribution is -2.30. The van der Waals surface area contributed by atoms with E-state index in [0.717, 1.165) is 18.9 Å². The molecular formula is C14H14FNO4. The van der Waals surface area contributed by atoms with Crippen LogP contribution in [-0.4, -0.2) is 29.2 Å². The van der Waals surface area contributed by atoms with E-state index in [9.17, 15) is 14.0 Å². The van der Waals surface area contributed by atoms with E-state index in [1.54, 1.807) is 0 Å². The number of anilines is 1. The first kappa shape index (κ1) is 13.1. The molecule has 3 unspecified atom stereocenters. The highest BCUT2D eigenvalue weighted by Gasteiger charge is 2.44. The minimum absolute atomic E-state index is 0.00257. The highest BCUT2D eigenvalue weighted by atomic mass is 19.1. The van der Waals surface area contributed by atoms with E-state index in [0.29, 0.717) is 6.42 Å². The number of nitrogens with one attached hydrogen (secondary N) is 1. The maximum absolute atomic E-state index is 13.7. The van der Waals surface area contributed by atoms with Gasteiger partial charge in [-0.1, -0.05) is 0 Å². The quantitative estimate of drug-likeness (QED) is 0.887. The third-order valence-electron chi connectivity index (χ3n) is 3.92. The van der Waals surface area contributed by atoms with Gasteiger partial charge >= 0.3 is 5.97 Å². The monoisotopic (exact) mass is 279 g/mol. The summed E-state index contributed by atoms with van der Waals surface area (Å²) in [4.78, 5) is 22.8. The molecule has 3 atom stereocenters. The summed E-state index contributed by atoms with van der Waals surface area (Å²) >= 11 is 0. The Hall–Kier alpha value is -1.95. The van der Waals surface area contributed by atoms with Crippen LogP contribution in [0, 0.1) is 11.7 Å². The van der Waals surface area contributed by atoms with E-state index in [4.69, 9.17) is 9.84 Å². The number of benzene rings is 1. The molecule has 2 heterocycles. The number of carbonyl (C=O) groups is 2. The predicted octanol–water partition coefficient (Wildman–Crippen LogP) is 2.03. The van der Waals surface area contributed by atoms with Crippen LogP contribution in [0.2, 0.25) is 0 Å². The van der Waals surface area contributed by atoms with E-state index in [-0.39, 0.29) is 35.3 Å². The molecule has 106 valence electrons. The topological polar surface area (TPSA) is 75.6 Å². The van der Waals surface area contributed by atoms with Gasteiger partial charge in [-0.25, -0.2) is 9.18 Å². The molecule has 2 fully saturated rings. The molecule has 1 aromatic carbocycles. The summed E-state index contributed by atoms with van der Waals surface area (Å²) in [6, 6.07) is 3.43. The van der Waals surface area contributed by atoms with Crippen LogP contribution < -0.4 is 5.32 Å². The molecule has 1 aromatic rings. The van der Waals surface area contributed by atoms with Crippen molar-refractivity contribution in [1.82, 2.24) is 0 Å². The molecule has 0 spiro atoms. The summed E-state index contributed by atoms with van der Waals surface area (Å²) in [7, 11) is 0. The minimum Gasteiger partial charge on any atom is -0.478 e. The Bertz CT molecular complexity index is 574. The third kappa shape index (κ3) is 2.27. The number of aromatic carboxylic acids is 1. The smallest absolute Gasteiger partial charge is 0.335 e. The number of ether oxygens (including phenoxy) is 1. The Morgan fingerprint density at radius 3 is 2.70 bits per heavy atom. The van der Waals surface area contributed by atoms with Crippen molar-refractivity contribution in [2.75, 3.05) is 5.32 Å². The molecule has 0 saturated carbocycles. The summed E-state index contributed by atoms with van der Waals surface area (Å²) in [5.41, 5.74) is -0.147. The summed E-state index contributed by atoms with van der Waals surface area (Å²) in [5.74, 6) is -2.46. The lowest BCUT2D eigenvalue weighted by atomic mass is 9.88. The second kappa shape index (κ2) is 4.86. The van der Waals surface area contributed by atoms with Crippen molar-refractivity contribution in [3.63, 3.8) is 0 Å². The van der Waals surface area contributed by atoms with Gasteiger partial charge in [0.25, 0.3) is 0 Å². The van der Waals surface area contributed by atoms with E-state index >= 15 is 0 Å². The van der Waals surface area contributed by atoms with Gasteiger partial charge in [0.2, 0.25) is 5.91 Å². The van der Waals surface area contributed by atoms with Crippen LogP contribution in [-0.2, 0) is 9.53 Å². The van der Waals surface area contributed by atoms with Crippen LogP contribution >= 0.6 is 0 Å². The standard InChI is InChI=1S/C14H14FNO4/c15-10-5-7(14(18)19)1-3-11(10)16-13(17)9-6-8-2-4-12(9)20-8/h1,3,5,8-9,12H,2,4,6H2,(H,16,17)(H,18,19). The van der Waals surface area contributed by atoms with Gasteiger partial charge in [0.1, 0.15) is 5.82 Å². The number of carboxylic acids is 1. The Kier molecular flexibility index (Phi) is 3.17. The number of carbonyl (C=O) groups excluding carboxylic acids is 1. The molecular weight excluding hydrogens is 265 g/mol. The molecule has 2 aliphatic rings. The normalized spacial score (nSPS) is 27.6. The van der Waals surface area contributed by atoms with Crippen LogP contribution in [0.15, 0.2) is 18.2 Å². The Balaban J connectivity index is 1.71. The maximum Gasteiger partial charge on any atom is 0.335 e. The van der Waals surface area contributed by atoms with Gasteiger partial charge in [-0.3, -0.25) is 4.79 Å². The van der Waals surface area contributed by atoms with Crippen LogP contribution in [0.4, 0.5) is 10.1 Å². The Morgan fingerprint density at radius 2 is 2.15 bits per heavy atom. The highest BCUT2D eigenvalue weighted by Crippen LogP contribution is 2.39. The highest BCUT2D eigenvalue weighted by molar-refractivity contribution is 5.94. The second-order valence-corrected chi connectivity index (χ2v) is 5.21. The van der Waals surface area contributed by atoms with E-state index < -0.39 is 11.8 Å². The number of carboxylic acid groups (broad SMARTS) is 1. The number of hydrogen-bond acceptors (Lipinski definition) is 3. The molecule has 2 saturated heterocycles. The van der Waals surface area contributed by atoms with Crippen molar-refractivity contribution in [2.45, 2.75) is 31.5 Å². The fourth-order valence-corrected chi connectivity index (χ4v) is 2.89. The lowest BCUT2D eigenvalue weighted by molar-refractivity contribution is -0.121. The van der Waals surface area contributed by atoms with E-state index in [1.807, 2.05) is 0 Å². The first-order valence-electron chi connectivity index (χ1n) is 6.54. The fraction of sp³-hybridized carbons (Fsp3) is 0.429. The predicted molar refractivity (Wildman–Crippen MR) is 68.0 cm³/mol. The van der Waals surface area contributed by atoms with Crippen molar-refractivity contribution >= 4 is 17.6 Å². The van der Waals surface area contributed by atoms with Crippen LogP contribution in [0.1, 0.15) is 29.6 Å². The molecule has 2 aliphatic heterocycles. The van der Waals surface area contributed by atoms with E-state index in [1.165, 1.54) is 12.1 Å². The van der Waals surface area contributed by atoms with Crippen molar-refractivity contribution in [2.24, 2.45) is 5.92 Å². The van der Waals surface area contributed by atoms with Gasteiger partial charge in [-0.15, -0.1) is 0 Å². The van der Waals surface area contributed by atoms with Crippen molar-refractivity contribution in [3.05, 3.63) is 29.6 Å². The molecule has 20 heavy (non-hydrogen) atoms. The molecule has 0 aliphatic carbocycles. The van der Waals surface area contributed by atoms with Gasteiger partial charge < -0.3 is 15.2 Å². The van der Waals surface area contributed by atoms with Gasteiger partial charge in [0.15, 0.2) is 0 Å². The Morgan fingerprint density at radius 1 is 1.35 bits per heavy atom. The number of halogens is 1. The molecule has 0 radical (unpaired) electrons. The Labute approximate surface area is 114 Å². The lowest BCUT2D eigenvalue weighted by Gasteiger charge is -2.18.